The zero-order chi connectivity index (χ0) is 46.7. The van der Waals surface area contributed by atoms with Crippen LogP contribution in [0.3, 0.4) is 0 Å². The summed E-state index contributed by atoms with van der Waals surface area (Å²) in [7, 11) is -2.64. The fourth-order valence-electron chi connectivity index (χ4n) is 7.08. The number of ether oxygens (including phenoxy) is 2. The van der Waals surface area contributed by atoms with Crippen molar-refractivity contribution in [3.05, 3.63) is 58.1 Å². The Hall–Kier alpha value is -5.11. The van der Waals surface area contributed by atoms with Crippen molar-refractivity contribution in [2.75, 3.05) is 20.1 Å². The van der Waals surface area contributed by atoms with Gasteiger partial charge in [0.1, 0.15) is 35.9 Å². The Morgan fingerprint density at radius 3 is 2.18 bits per heavy atom. The molecule has 0 aromatic heterocycles. The van der Waals surface area contributed by atoms with Crippen LogP contribution in [0.4, 0.5) is 0 Å². The van der Waals surface area contributed by atoms with Crippen LogP contribution in [0.2, 0.25) is 0 Å². The molecular weight excluding hydrogens is 819 g/mol. The third-order valence-corrected chi connectivity index (χ3v) is 12.2. The maximum atomic E-state index is 13.6. The van der Waals surface area contributed by atoms with Gasteiger partial charge in [0.15, 0.2) is 0 Å². The molecule has 62 heavy (non-hydrogen) atoms. The smallest absolute Gasteiger partial charge is 0.264 e. The number of hydrogen-bond acceptors (Lipinski definition) is 12. The zero-order valence-electron chi connectivity index (χ0n) is 37.9. The number of carbonyl (C=O) groups excluding carboxylic acids is 5. The van der Waals surface area contributed by atoms with Gasteiger partial charge in [0.25, 0.3) is 10.0 Å². The number of nitrogens with zero attached hydrogens (tertiary/aromatic N) is 1. The molecule has 0 saturated carbocycles. The summed E-state index contributed by atoms with van der Waals surface area (Å²) in [5, 5.41) is 13.8. The van der Waals surface area contributed by atoms with E-state index in [0.717, 1.165) is 16.7 Å². The Morgan fingerprint density at radius 1 is 0.952 bits per heavy atom. The maximum Gasteiger partial charge on any atom is 0.264 e. The van der Waals surface area contributed by atoms with Crippen molar-refractivity contribution in [1.82, 2.24) is 31.3 Å². The molecule has 2 unspecified atom stereocenters. The summed E-state index contributed by atoms with van der Waals surface area (Å²) in [5.74, 6) is -2.69. The molecule has 2 aromatic rings. The van der Waals surface area contributed by atoms with E-state index in [1.165, 1.54) is 7.05 Å². The van der Waals surface area contributed by atoms with Crippen LogP contribution in [0.15, 0.2) is 40.2 Å². The number of rotatable bonds is 21. The van der Waals surface area contributed by atoms with Crippen LogP contribution >= 0.6 is 0 Å². The minimum absolute atomic E-state index is 0.000750. The van der Waals surface area contributed by atoms with E-state index in [2.05, 4.69) is 36.3 Å². The molecule has 344 valence electrons. The first-order valence-corrected chi connectivity index (χ1v) is 22.2. The lowest BCUT2D eigenvalue weighted by molar-refractivity contribution is -0.139. The molecular formula is C43H67N9O9S. The fourth-order valence-corrected chi connectivity index (χ4v) is 8.61. The minimum atomic E-state index is -4.14. The highest BCUT2D eigenvalue weighted by atomic mass is 32.2. The van der Waals surface area contributed by atoms with E-state index in [1.54, 1.807) is 48.5 Å². The van der Waals surface area contributed by atoms with Crippen molar-refractivity contribution in [2.24, 2.45) is 22.4 Å². The number of sulfonamides is 1. The molecule has 0 aliphatic carbocycles. The van der Waals surface area contributed by atoms with E-state index in [1.807, 2.05) is 51.1 Å². The number of amides is 4. The first-order valence-electron chi connectivity index (χ1n) is 20.7. The standard InChI is InChI=1S/C43H67N9O9S/c1-24-25(2)36(27(4)30-21-43(9,10)60-35(24)30)62(58,59)52-41(45)47-19-15-18-31(49-34(54)22-44)39(57)48-28(5)26(3)37(55)50-33(23-53)40(61-42(6,7)8)51-32(38(56)46-11)20-29-16-13-12-14-17-29/h12-14,16-17,23,26,28,31-33,40,51H,15,18-22,44H2,1-11H3,(H,46,56)(H,48,57)(H,49,54)(H,50,55)(H3,45,47,52)/t26-,28?,31-,32-,33?,40-/m0/s1. The number of hydrogen-bond donors (Lipinski definition) is 8. The number of guanidine groups is 1. The van der Waals surface area contributed by atoms with E-state index in [4.69, 9.17) is 20.9 Å². The summed E-state index contributed by atoms with van der Waals surface area (Å²) < 4.78 is 41.8. The first-order chi connectivity index (χ1) is 28.8. The monoisotopic (exact) mass is 885 g/mol. The van der Waals surface area contributed by atoms with Gasteiger partial charge in [0.05, 0.1) is 29.0 Å². The summed E-state index contributed by atoms with van der Waals surface area (Å²) in [6.07, 6.45) is 0.474. The normalized spacial score (nSPS) is 16.6. The zero-order valence-corrected chi connectivity index (χ0v) is 38.7. The van der Waals surface area contributed by atoms with Gasteiger partial charge in [0.2, 0.25) is 29.6 Å². The Balaban J connectivity index is 1.68. The molecule has 2 aromatic carbocycles. The van der Waals surface area contributed by atoms with Crippen molar-refractivity contribution in [3.63, 3.8) is 0 Å². The molecule has 1 aliphatic heterocycles. The summed E-state index contributed by atoms with van der Waals surface area (Å²) in [5.41, 5.74) is 13.8. The van der Waals surface area contributed by atoms with Crippen LogP contribution in [0.25, 0.3) is 0 Å². The molecule has 0 bridgehead atoms. The van der Waals surface area contributed by atoms with E-state index >= 15 is 0 Å². The molecule has 10 N–H and O–H groups in total. The Labute approximate surface area is 365 Å². The average Bonchev–Trinajstić information content (AvgIpc) is 3.53. The van der Waals surface area contributed by atoms with Crippen molar-refractivity contribution in [3.8, 4) is 5.75 Å². The molecule has 6 atom stereocenters. The number of aliphatic imine (C=N–C) groups is 1. The van der Waals surface area contributed by atoms with Gasteiger partial charge in [-0.2, -0.15) is 0 Å². The first kappa shape index (κ1) is 51.2. The van der Waals surface area contributed by atoms with Crippen LogP contribution < -0.4 is 47.5 Å². The van der Waals surface area contributed by atoms with Crippen molar-refractivity contribution in [1.29, 1.82) is 0 Å². The predicted molar refractivity (Wildman–Crippen MR) is 237 cm³/mol. The highest BCUT2D eigenvalue weighted by Gasteiger charge is 2.37. The van der Waals surface area contributed by atoms with Gasteiger partial charge < -0.3 is 47.0 Å². The summed E-state index contributed by atoms with van der Waals surface area (Å²) in [6.45, 7) is 17.2. The van der Waals surface area contributed by atoms with Gasteiger partial charge in [-0.1, -0.05) is 37.3 Å². The maximum absolute atomic E-state index is 13.6. The Morgan fingerprint density at radius 2 is 1.60 bits per heavy atom. The van der Waals surface area contributed by atoms with Crippen molar-refractivity contribution < 1.29 is 41.9 Å². The quantitative estimate of drug-likeness (QED) is 0.0288. The second kappa shape index (κ2) is 21.8. The van der Waals surface area contributed by atoms with Gasteiger partial charge >= 0.3 is 0 Å². The number of benzene rings is 2. The number of nitrogens with two attached hydrogens (primary N) is 2. The van der Waals surface area contributed by atoms with Gasteiger partial charge in [0, 0.05) is 31.6 Å². The van der Waals surface area contributed by atoms with E-state index in [0.29, 0.717) is 29.6 Å². The third kappa shape index (κ3) is 14.2. The largest absolute Gasteiger partial charge is 0.487 e. The highest BCUT2D eigenvalue weighted by molar-refractivity contribution is 7.90. The lowest BCUT2D eigenvalue weighted by Crippen LogP contribution is -2.61. The Kier molecular flexibility index (Phi) is 18.0. The molecule has 1 heterocycles. The van der Waals surface area contributed by atoms with Crippen LogP contribution in [0.1, 0.15) is 89.1 Å². The lowest BCUT2D eigenvalue weighted by atomic mass is 9.94. The molecule has 19 heteroatoms. The second-order valence-electron chi connectivity index (χ2n) is 17.3. The van der Waals surface area contributed by atoms with E-state index in [9.17, 15) is 32.4 Å². The highest BCUT2D eigenvalue weighted by Crippen LogP contribution is 2.43. The number of fused-ring (bicyclic) bond motifs is 1. The van der Waals surface area contributed by atoms with E-state index < -0.39 is 75.3 Å². The molecule has 0 spiro atoms. The van der Waals surface area contributed by atoms with E-state index in [-0.39, 0.29) is 49.1 Å². The summed E-state index contributed by atoms with van der Waals surface area (Å²) >= 11 is 0. The molecule has 3 rings (SSSR count). The van der Waals surface area contributed by atoms with Crippen LogP contribution in [-0.2, 0) is 51.6 Å². The average molecular weight is 886 g/mol. The van der Waals surface area contributed by atoms with Crippen LogP contribution in [0, 0.1) is 26.7 Å². The van der Waals surface area contributed by atoms with Gasteiger partial charge in [-0.3, -0.25) is 29.5 Å². The van der Waals surface area contributed by atoms with Crippen molar-refractivity contribution >= 4 is 45.9 Å². The molecule has 0 radical (unpaired) electrons. The molecule has 18 nitrogen and oxygen atoms in total. The summed E-state index contributed by atoms with van der Waals surface area (Å²) in [4.78, 5) is 69.3. The Bertz CT molecular complexity index is 2070. The SMILES string of the molecule is CNC(=O)[C@H](Cc1ccccc1)N[C@@H](OC(C)(C)C)C(C=O)NC(=O)[C@@H](C)C(C)NC(=O)[C@H](CCCN=C(N)NS(=O)(=O)c1c(C)c(C)c2c(c1C)CC(C)(C)O2)NC(=O)CN. The van der Waals surface area contributed by atoms with Gasteiger partial charge in [-0.25, -0.2) is 13.1 Å². The molecule has 1 aliphatic rings. The van der Waals surface area contributed by atoms with Gasteiger partial charge in [-0.15, -0.1) is 0 Å². The predicted octanol–water partition coefficient (Wildman–Crippen LogP) is 1.05. The molecule has 0 fully saturated rings. The fraction of sp³-hybridized carbons (Fsp3) is 0.581. The summed E-state index contributed by atoms with van der Waals surface area (Å²) in [6, 6.07) is 5.33. The second-order valence-corrected chi connectivity index (χ2v) is 18.9. The van der Waals surface area contributed by atoms with Crippen molar-refractivity contribution in [2.45, 2.75) is 141 Å². The molecule has 4 amide bonds. The minimum Gasteiger partial charge on any atom is -0.487 e. The number of nitrogens with one attached hydrogen (secondary N) is 6. The van der Waals surface area contributed by atoms with Crippen LogP contribution in [-0.4, -0.2) is 106 Å². The molecule has 0 saturated heterocycles. The van der Waals surface area contributed by atoms with Gasteiger partial charge in [-0.05, 0) is 104 Å². The number of carbonyl (C=O) groups is 5. The number of likely N-dealkylation sites (N-methyl/N-ethyl adjacent to an activating group) is 1. The van der Waals surface area contributed by atoms with Crippen LogP contribution in [0.5, 0.6) is 5.75 Å². The third-order valence-electron chi connectivity index (χ3n) is 10.6. The topological polar surface area (TPSA) is 275 Å². The number of aldehydes is 1. The lowest BCUT2D eigenvalue weighted by Gasteiger charge is -2.35.